The van der Waals surface area contributed by atoms with Gasteiger partial charge in [-0.1, -0.05) is 18.2 Å². The van der Waals surface area contributed by atoms with Gasteiger partial charge in [-0.05, 0) is 35.9 Å². The molecule has 8 nitrogen and oxygen atoms in total. The van der Waals surface area contributed by atoms with Gasteiger partial charge in [-0.25, -0.2) is 19.3 Å². The molecule has 30 heavy (non-hydrogen) atoms. The van der Waals surface area contributed by atoms with Crippen LogP contribution < -0.4 is 0 Å². The number of carbonyl (C=O) groups is 1. The van der Waals surface area contributed by atoms with Crippen molar-refractivity contribution in [2.24, 2.45) is 4.99 Å². The smallest absolute Gasteiger partial charge is 0.337 e. The lowest BCUT2D eigenvalue weighted by Crippen LogP contribution is -1.98. The number of carboxylic acids is 1. The summed E-state index contributed by atoms with van der Waals surface area (Å²) in [6.07, 6.45) is 4.69. The highest BCUT2D eigenvalue weighted by Gasteiger charge is 2.14. The van der Waals surface area contributed by atoms with E-state index in [1.54, 1.807) is 47.2 Å². The summed E-state index contributed by atoms with van der Waals surface area (Å²) < 4.78 is 6.48. The van der Waals surface area contributed by atoms with Crippen molar-refractivity contribution in [3.05, 3.63) is 72.1 Å². The standard InChI is InChI=1S/C22H15N5O3/c1-30-13-24-20-10-16(6-7-17(20)22(28)29)19-8-9-27-21(26-19)18(12-25-27)15-4-2-14(11-23)3-5-15/h2-10,12-13H,1H3,(H,28,29). The predicted octanol–water partition coefficient (Wildman–Crippen LogP) is 3.94. The van der Waals surface area contributed by atoms with Crippen LogP contribution in [0.3, 0.4) is 0 Å². The van der Waals surface area contributed by atoms with E-state index in [2.05, 4.69) is 16.2 Å². The van der Waals surface area contributed by atoms with E-state index in [-0.39, 0.29) is 11.3 Å². The third-order valence-corrected chi connectivity index (χ3v) is 4.52. The van der Waals surface area contributed by atoms with E-state index in [1.165, 1.54) is 19.6 Å². The zero-order valence-electron chi connectivity index (χ0n) is 15.9. The fraction of sp³-hybridized carbons (Fsp3) is 0.0455. The maximum Gasteiger partial charge on any atom is 0.337 e. The molecule has 0 fully saturated rings. The molecule has 4 aromatic rings. The number of aliphatic imine (C=N–C) groups is 1. The van der Waals surface area contributed by atoms with Crippen LogP contribution in [0.1, 0.15) is 15.9 Å². The van der Waals surface area contributed by atoms with E-state index < -0.39 is 5.97 Å². The van der Waals surface area contributed by atoms with Gasteiger partial charge in [0.05, 0.1) is 41.9 Å². The van der Waals surface area contributed by atoms with Crippen LogP contribution in [0.15, 0.2) is 65.9 Å². The molecule has 0 atom stereocenters. The number of benzene rings is 2. The van der Waals surface area contributed by atoms with Gasteiger partial charge >= 0.3 is 5.97 Å². The molecule has 0 aliphatic carbocycles. The van der Waals surface area contributed by atoms with Crippen molar-refractivity contribution >= 4 is 23.7 Å². The first-order valence-electron chi connectivity index (χ1n) is 8.88. The first-order chi connectivity index (χ1) is 14.6. The van der Waals surface area contributed by atoms with Gasteiger partial charge in [-0.3, -0.25) is 0 Å². The number of hydrogen-bond acceptors (Lipinski definition) is 6. The average Bonchev–Trinajstić information content (AvgIpc) is 3.20. The lowest BCUT2D eigenvalue weighted by molar-refractivity contribution is 0.0698. The molecule has 0 aliphatic heterocycles. The van der Waals surface area contributed by atoms with E-state index in [0.29, 0.717) is 22.5 Å². The number of aromatic nitrogens is 3. The number of fused-ring (bicyclic) bond motifs is 1. The minimum atomic E-state index is -1.08. The van der Waals surface area contributed by atoms with Crippen molar-refractivity contribution in [3.8, 4) is 28.5 Å². The molecule has 0 aliphatic rings. The zero-order chi connectivity index (χ0) is 21.1. The molecule has 146 valence electrons. The van der Waals surface area contributed by atoms with Crippen molar-refractivity contribution < 1.29 is 14.6 Å². The second kappa shape index (κ2) is 7.85. The van der Waals surface area contributed by atoms with Crippen molar-refractivity contribution in [2.75, 3.05) is 7.11 Å². The van der Waals surface area contributed by atoms with Crippen molar-refractivity contribution in [1.29, 1.82) is 5.26 Å². The van der Waals surface area contributed by atoms with E-state index in [1.807, 2.05) is 12.1 Å². The number of carboxylic acid groups (broad SMARTS) is 1. The number of rotatable bonds is 5. The largest absolute Gasteiger partial charge is 0.486 e. The molecule has 0 amide bonds. The highest BCUT2D eigenvalue weighted by Crippen LogP contribution is 2.29. The predicted molar refractivity (Wildman–Crippen MR) is 111 cm³/mol. The number of hydrogen-bond donors (Lipinski definition) is 1. The molecule has 2 aromatic carbocycles. The maximum atomic E-state index is 11.5. The number of nitrogens with zero attached hydrogens (tertiary/aromatic N) is 5. The Kier molecular flexibility index (Phi) is 4.93. The summed E-state index contributed by atoms with van der Waals surface area (Å²) in [5.74, 6) is -1.08. The molecular formula is C22H15N5O3. The molecule has 2 aromatic heterocycles. The third kappa shape index (κ3) is 3.47. The van der Waals surface area contributed by atoms with Crippen molar-refractivity contribution in [3.63, 3.8) is 0 Å². The Bertz CT molecular complexity index is 1320. The van der Waals surface area contributed by atoms with Crippen LogP contribution in [-0.2, 0) is 4.74 Å². The van der Waals surface area contributed by atoms with E-state index in [9.17, 15) is 9.90 Å². The Morgan fingerprint density at radius 2 is 1.97 bits per heavy atom. The van der Waals surface area contributed by atoms with Gasteiger partial charge in [0, 0.05) is 17.3 Å². The highest BCUT2D eigenvalue weighted by atomic mass is 16.5. The molecule has 0 radical (unpaired) electrons. The van der Waals surface area contributed by atoms with Gasteiger partial charge in [0.2, 0.25) is 0 Å². The number of ether oxygens (including phenoxy) is 1. The van der Waals surface area contributed by atoms with Gasteiger partial charge in [-0.15, -0.1) is 0 Å². The zero-order valence-corrected chi connectivity index (χ0v) is 15.9. The summed E-state index contributed by atoms with van der Waals surface area (Å²) in [5.41, 5.74) is 4.61. The van der Waals surface area contributed by atoms with Gasteiger partial charge in [0.25, 0.3) is 0 Å². The summed E-state index contributed by atoms with van der Waals surface area (Å²) in [5, 5.41) is 22.7. The number of aromatic carboxylic acids is 1. The van der Waals surface area contributed by atoms with Crippen molar-refractivity contribution in [2.45, 2.75) is 0 Å². The summed E-state index contributed by atoms with van der Waals surface area (Å²) in [4.78, 5) is 20.2. The fourth-order valence-corrected chi connectivity index (χ4v) is 3.05. The first kappa shape index (κ1) is 18.8. The minimum Gasteiger partial charge on any atom is -0.486 e. The van der Waals surface area contributed by atoms with Crippen LogP contribution in [0.5, 0.6) is 0 Å². The SMILES string of the molecule is COC=Nc1cc(-c2ccn3ncc(-c4ccc(C#N)cc4)c3n2)ccc1C(=O)O. The third-order valence-electron chi connectivity index (χ3n) is 4.52. The highest BCUT2D eigenvalue weighted by molar-refractivity contribution is 5.95. The molecule has 2 heterocycles. The van der Waals surface area contributed by atoms with Gasteiger partial charge in [-0.2, -0.15) is 10.4 Å². The molecule has 0 bridgehead atoms. The fourth-order valence-electron chi connectivity index (χ4n) is 3.05. The lowest BCUT2D eigenvalue weighted by atomic mass is 10.1. The van der Waals surface area contributed by atoms with Crippen molar-refractivity contribution in [1.82, 2.24) is 14.6 Å². The first-order valence-corrected chi connectivity index (χ1v) is 8.88. The second-order valence-electron chi connectivity index (χ2n) is 6.34. The molecule has 8 heteroatoms. The molecule has 0 saturated heterocycles. The average molecular weight is 397 g/mol. The molecule has 4 rings (SSSR count). The van der Waals surface area contributed by atoms with Crippen LogP contribution in [0.2, 0.25) is 0 Å². The van der Waals surface area contributed by atoms with Crippen LogP contribution in [0, 0.1) is 11.3 Å². The Labute approximate surface area is 171 Å². The Morgan fingerprint density at radius 1 is 1.20 bits per heavy atom. The summed E-state index contributed by atoms with van der Waals surface area (Å²) in [7, 11) is 1.44. The Morgan fingerprint density at radius 3 is 2.67 bits per heavy atom. The summed E-state index contributed by atoms with van der Waals surface area (Å²) in [6.45, 7) is 0. The summed E-state index contributed by atoms with van der Waals surface area (Å²) in [6, 6.07) is 15.9. The molecule has 0 saturated carbocycles. The molecule has 0 unspecified atom stereocenters. The monoisotopic (exact) mass is 397 g/mol. The van der Waals surface area contributed by atoms with Gasteiger partial charge in [0.1, 0.15) is 0 Å². The van der Waals surface area contributed by atoms with Crippen LogP contribution in [0.25, 0.3) is 28.0 Å². The number of methoxy groups -OCH3 is 1. The van der Waals surface area contributed by atoms with E-state index in [4.69, 9.17) is 15.0 Å². The second-order valence-corrected chi connectivity index (χ2v) is 6.34. The van der Waals surface area contributed by atoms with Crippen LogP contribution >= 0.6 is 0 Å². The van der Waals surface area contributed by atoms with Crippen LogP contribution in [0.4, 0.5) is 5.69 Å². The van der Waals surface area contributed by atoms with Crippen LogP contribution in [-0.4, -0.2) is 39.2 Å². The quantitative estimate of drug-likeness (QED) is 0.403. The number of nitriles is 1. The Hall–Kier alpha value is -4.51. The Balaban J connectivity index is 1.81. The maximum absolute atomic E-state index is 11.5. The minimum absolute atomic E-state index is 0.0655. The molecule has 0 spiro atoms. The van der Waals surface area contributed by atoms with E-state index in [0.717, 1.165) is 11.1 Å². The molecular weight excluding hydrogens is 382 g/mol. The van der Waals surface area contributed by atoms with Gasteiger partial charge < -0.3 is 9.84 Å². The van der Waals surface area contributed by atoms with Gasteiger partial charge in [0.15, 0.2) is 12.0 Å². The van der Waals surface area contributed by atoms with E-state index >= 15 is 0 Å². The normalized spacial score (nSPS) is 10.9. The molecule has 1 N–H and O–H groups in total. The topological polar surface area (TPSA) is 113 Å². The summed E-state index contributed by atoms with van der Waals surface area (Å²) >= 11 is 0. The lowest BCUT2D eigenvalue weighted by Gasteiger charge is -2.07.